The number of anilines is 1. The molecule has 2 N–H and O–H groups in total. The maximum atomic E-state index is 11.4. The summed E-state index contributed by atoms with van der Waals surface area (Å²) in [5.41, 5.74) is 7.48. The summed E-state index contributed by atoms with van der Waals surface area (Å²) in [6.07, 6.45) is 3.02. The first kappa shape index (κ1) is 10.8. The van der Waals surface area contributed by atoms with E-state index in [4.69, 9.17) is 5.73 Å². The van der Waals surface area contributed by atoms with Gasteiger partial charge in [-0.05, 0) is 18.6 Å². The zero-order valence-electron chi connectivity index (χ0n) is 9.91. The van der Waals surface area contributed by atoms with E-state index in [1.807, 2.05) is 36.5 Å². The van der Waals surface area contributed by atoms with Crippen molar-refractivity contribution in [3.63, 3.8) is 0 Å². The summed E-state index contributed by atoms with van der Waals surface area (Å²) in [4.78, 5) is 13.5. The number of carbonyl (C=O) groups excluding carboxylic acids is 1. The molecule has 0 radical (unpaired) electrons. The molecule has 2 heterocycles. The van der Waals surface area contributed by atoms with Crippen LogP contribution in [0.15, 0.2) is 36.5 Å². The van der Waals surface area contributed by atoms with Crippen molar-refractivity contribution in [3.8, 4) is 5.69 Å². The van der Waals surface area contributed by atoms with Gasteiger partial charge < -0.3 is 10.6 Å². The third-order valence-electron chi connectivity index (χ3n) is 3.15. The van der Waals surface area contributed by atoms with Gasteiger partial charge in [-0.1, -0.05) is 18.2 Å². The summed E-state index contributed by atoms with van der Waals surface area (Å²) in [6, 6.07) is 9.70. The quantitative estimate of drug-likeness (QED) is 0.879. The standard InChI is InChI=1S/C13H14N4O/c14-13(18)12-11(16-7-4-8-16)9-17(15-12)10-5-2-1-3-6-10/h1-3,5-6,9H,4,7-8H2,(H2,14,18). The third kappa shape index (κ3) is 1.73. The highest BCUT2D eigenvalue weighted by atomic mass is 16.1. The fourth-order valence-corrected chi connectivity index (χ4v) is 2.04. The summed E-state index contributed by atoms with van der Waals surface area (Å²) in [5.74, 6) is -0.480. The molecular weight excluding hydrogens is 228 g/mol. The number of hydrogen-bond donors (Lipinski definition) is 1. The Kier molecular flexibility index (Phi) is 2.51. The lowest BCUT2D eigenvalue weighted by Gasteiger charge is -2.32. The number of primary amides is 1. The zero-order valence-corrected chi connectivity index (χ0v) is 9.91. The molecule has 0 saturated carbocycles. The van der Waals surface area contributed by atoms with Gasteiger partial charge in [-0.2, -0.15) is 5.10 Å². The number of benzene rings is 1. The second-order valence-corrected chi connectivity index (χ2v) is 4.35. The predicted octanol–water partition coefficient (Wildman–Crippen LogP) is 1.18. The van der Waals surface area contributed by atoms with E-state index in [2.05, 4.69) is 10.00 Å². The first-order valence-electron chi connectivity index (χ1n) is 5.95. The van der Waals surface area contributed by atoms with Crippen molar-refractivity contribution in [2.45, 2.75) is 6.42 Å². The molecule has 0 unspecified atom stereocenters. The maximum Gasteiger partial charge on any atom is 0.271 e. The maximum absolute atomic E-state index is 11.4. The van der Waals surface area contributed by atoms with Crippen molar-refractivity contribution in [2.24, 2.45) is 5.73 Å². The fraction of sp³-hybridized carbons (Fsp3) is 0.231. The Balaban J connectivity index is 2.04. The van der Waals surface area contributed by atoms with Gasteiger partial charge in [-0.3, -0.25) is 4.79 Å². The molecule has 1 amide bonds. The van der Waals surface area contributed by atoms with Crippen LogP contribution in [0.5, 0.6) is 0 Å². The van der Waals surface area contributed by atoms with Crippen molar-refractivity contribution in [1.29, 1.82) is 0 Å². The SMILES string of the molecule is NC(=O)c1nn(-c2ccccc2)cc1N1CCC1. The molecular formula is C13H14N4O. The summed E-state index contributed by atoms with van der Waals surface area (Å²) in [6.45, 7) is 1.92. The van der Waals surface area contributed by atoms with Gasteiger partial charge in [0.05, 0.1) is 17.6 Å². The lowest BCUT2D eigenvalue weighted by molar-refractivity contribution is 0.0995. The number of hydrogen-bond acceptors (Lipinski definition) is 3. The van der Waals surface area contributed by atoms with Crippen molar-refractivity contribution in [2.75, 3.05) is 18.0 Å². The highest BCUT2D eigenvalue weighted by Crippen LogP contribution is 2.25. The number of carbonyl (C=O) groups is 1. The van der Waals surface area contributed by atoms with E-state index in [0.29, 0.717) is 5.69 Å². The van der Waals surface area contributed by atoms with Crippen LogP contribution in [0.4, 0.5) is 5.69 Å². The van der Waals surface area contributed by atoms with Crippen LogP contribution < -0.4 is 10.6 Å². The van der Waals surface area contributed by atoms with E-state index in [9.17, 15) is 4.79 Å². The molecule has 1 saturated heterocycles. The van der Waals surface area contributed by atoms with E-state index in [1.54, 1.807) is 4.68 Å². The minimum atomic E-state index is -0.480. The van der Waals surface area contributed by atoms with Crippen LogP contribution in [0, 0.1) is 0 Å². The normalized spacial score (nSPS) is 14.3. The monoisotopic (exact) mass is 242 g/mol. The van der Waals surface area contributed by atoms with E-state index in [1.165, 1.54) is 0 Å². The highest BCUT2D eigenvalue weighted by Gasteiger charge is 2.23. The molecule has 2 aromatic rings. The second-order valence-electron chi connectivity index (χ2n) is 4.35. The van der Waals surface area contributed by atoms with Gasteiger partial charge in [0.15, 0.2) is 5.69 Å². The number of amides is 1. The molecule has 0 aliphatic carbocycles. The molecule has 0 bridgehead atoms. The number of para-hydroxylation sites is 1. The summed E-state index contributed by atoms with van der Waals surface area (Å²) in [7, 11) is 0. The van der Waals surface area contributed by atoms with Gasteiger partial charge in [0.1, 0.15) is 0 Å². The van der Waals surface area contributed by atoms with Crippen LogP contribution in [0.2, 0.25) is 0 Å². The van der Waals surface area contributed by atoms with E-state index in [0.717, 1.165) is 30.9 Å². The molecule has 5 heteroatoms. The van der Waals surface area contributed by atoms with Gasteiger partial charge in [0.2, 0.25) is 0 Å². The smallest absolute Gasteiger partial charge is 0.271 e. The molecule has 0 atom stereocenters. The first-order chi connectivity index (χ1) is 8.75. The summed E-state index contributed by atoms with van der Waals surface area (Å²) in [5, 5.41) is 4.28. The fourth-order valence-electron chi connectivity index (χ4n) is 2.04. The van der Waals surface area contributed by atoms with Gasteiger partial charge in [-0.25, -0.2) is 4.68 Å². The third-order valence-corrected chi connectivity index (χ3v) is 3.15. The van der Waals surface area contributed by atoms with Gasteiger partial charge in [0, 0.05) is 13.1 Å². The minimum absolute atomic E-state index is 0.346. The average Bonchev–Trinajstić information content (AvgIpc) is 2.73. The Morgan fingerprint density at radius 3 is 2.50 bits per heavy atom. The van der Waals surface area contributed by atoms with E-state index >= 15 is 0 Å². The molecule has 1 aliphatic heterocycles. The molecule has 18 heavy (non-hydrogen) atoms. The van der Waals surface area contributed by atoms with Gasteiger partial charge in [-0.15, -0.1) is 0 Å². The van der Waals surface area contributed by atoms with E-state index in [-0.39, 0.29) is 0 Å². The zero-order chi connectivity index (χ0) is 12.5. The Bertz CT molecular complexity index is 572. The predicted molar refractivity (Wildman–Crippen MR) is 68.9 cm³/mol. The van der Waals surface area contributed by atoms with Gasteiger partial charge >= 0.3 is 0 Å². The largest absolute Gasteiger partial charge is 0.368 e. The Labute approximate surface area is 105 Å². The number of nitrogens with two attached hydrogens (primary N) is 1. The second kappa shape index (κ2) is 4.18. The van der Waals surface area contributed by atoms with Crippen LogP contribution in [0.25, 0.3) is 5.69 Å². The number of nitrogens with zero attached hydrogens (tertiary/aromatic N) is 3. The van der Waals surface area contributed by atoms with Crippen LogP contribution in [0.3, 0.4) is 0 Å². The average molecular weight is 242 g/mol. The Morgan fingerprint density at radius 2 is 1.94 bits per heavy atom. The van der Waals surface area contributed by atoms with Gasteiger partial charge in [0.25, 0.3) is 5.91 Å². The van der Waals surface area contributed by atoms with Crippen LogP contribution >= 0.6 is 0 Å². The van der Waals surface area contributed by atoms with Crippen LogP contribution in [0.1, 0.15) is 16.9 Å². The van der Waals surface area contributed by atoms with Crippen molar-refractivity contribution in [1.82, 2.24) is 9.78 Å². The van der Waals surface area contributed by atoms with Crippen molar-refractivity contribution in [3.05, 3.63) is 42.2 Å². The molecule has 1 aromatic carbocycles. The molecule has 5 nitrogen and oxygen atoms in total. The van der Waals surface area contributed by atoms with E-state index < -0.39 is 5.91 Å². The topological polar surface area (TPSA) is 64.2 Å². The number of rotatable bonds is 3. The summed E-state index contributed by atoms with van der Waals surface area (Å²) < 4.78 is 1.70. The number of aromatic nitrogens is 2. The molecule has 1 fully saturated rings. The lowest BCUT2D eigenvalue weighted by atomic mass is 10.2. The highest BCUT2D eigenvalue weighted by molar-refractivity contribution is 5.96. The van der Waals surface area contributed by atoms with Crippen molar-refractivity contribution < 1.29 is 4.79 Å². The molecule has 3 rings (SSSR count). The Hall–Kier alpha value is -2.30. The minimum Gasteiger partial charge on any atom is -0.368 e. The molecule has 1 aliphatic rings. The van der Waals surface area contributed by atoms with Crippen LogP contribution in [-0.4, -0.2) is 28.8 Å². The summed E-state index contributed by atoms with van der Waals surface area (Å²) >= 11 is 0. The lowest BCUT2D eigenvalue weighted by Crippen LogP contribution is -2.38. The molecule has 92 valence electrons. The Morgan fingerprint density at radius 1 is 1.22 bits per heavy atom. The first-order valence-corrected chi connectivity index (χ1v) is 5.95. The molecule has 1 aromatic heterocycles. The van der Waals surface area contributed by atoms with Crippen molar-refractivity contribution >= 4 is 11.6 Å². The molecule has 0 spiro atoms. The van der Waals surface area contributed by atoms with Crippen LogP contribution in [-0.2, 0) is 0 Å².